The highest BCUT2D eigenvalue weighted by atomic mass is 16.5. The molecule has 0 fully saturated rings. The van der Waals surface area contributed by atoms with Gasteiger partial charge in [-0.2, -0.15) is 0 Å². The molecule has 0 saturated heterocycles. The van der Waals surface area contributed by atoms with Gasteiger partial charge in [0.15, 0.2) is 0 Å². The Kier molecular flexibility index (Phi) is 13.1. The number of nitrogens with one attached hydrogen (secondary N) is 1. The van der Waals surface area contributed by atoms with Gasteiger partial charge in [0.2, 0.25) is 5.91 Å². The summed E-state index contributed by atoms with van der Waals surface area (Å²) < 4.78 is 4.78. The van der Waals surface area contributed by atoms with Gasteiger partial charge in [0.1, 0.15) is 0 Å². The summed E-state index contributed by atoms with van der Waals surface area (Å²) in [6.07, 6.45) is 3.93. The van der Waals surface area contributed by atoms with Crippen LogP contribution in [0.1, 0.15) is 40.0 Å². The van der Waals surface area contributed by atoms with Crippen molar-refractivity contribution in [3.8, 4) is 0 Å². The predicted octanol–water partition coefficient (Wildman–Crippen LogP) is 1.97. The van der Waals surface area contributed by atoms with Gasteiger partial charge in [0.05, 0.1) is 6.61 Å². The van der Waals surface area contributed by atoms with Crippen LogP contribution in [-0.4, -0.2) is 26.2 Å². The van der Waals surface area contributed by atoms with Crippen molar-refractivity contribution in [2.45, 2.75) is 40.0 Å². The molecule has 13 heavy (non-hydrogen) atoms. The van der Waals surface area contributed by atoms with Gasteiger partial charge < -0.3 is 10.1 Å². The van der Waals surface area contributed by atoms with Crippen molar-refractivity contribution in [1.82, 2.24) is 5.32 Å². The van der Waals surface area contributed by atoms with E-state index in [0.29, 0.717) is 13.0 Å². The minimum Gasteiger partial charge on any atom is -0.384 e. The first kappa shape index (κ1) is 14.9. The third kappa shape index (κ3) is 11.4. The van der Waals surface area contributed by atoms with Gasteiger partial charge in [-0.1, -0.05) is 27.2 Å². The molecule has 1 amide bonds. The average Bonchev–Trinajstić information content (AvgIpc) is 2.09. The molecule has 0 heterocycles. The number of amides is 1. The lowest BCUT2D eigenvalue weighted by molar-refractivity contribution is -0.121. The lowest BCUT2D eigenvalue weighted by Crippen LogP contribution is -2.25. The van der Waals surface area contributed by atoms with Crippen LogP contribution >= 0.6 is 0 Å². The molecule has 0 rings (SSSR count). The monoisotopic (exact) mass is 189 g/mol. The van der Waals surface area contributed by atoms with Crippen molar-refractivity contribution in [2.75, 3.05) is 20.3 Å². The van der Waals surface area contributed by atoms with Crippen LogP contribution in [0.3, 0.4) is 0 Å². The molecule has 0 radical (unpaired) electrons. The highest BCUT2D eigenvalue weighted by molar-refractivity contribution is 5.75. The molecule has 0 aliphatic carbocycles. The molecule has 0 atom stereocenters. The fourth-order valence-electron chi connectivity index (χ4n) is 0.886. The van der Waals surface area contributed by atoms with Crippen LogP contribution in [0.4, 0.5) is 0 Å². The molecular formula is C10H23NO2. The summed E-state index contributed by atoms with van der Waals surface area (Å²) in [5, 5.41) is 2.83. The van der Waals surface area contributed by atoms with Crippen molar-refractivity contribution in [2.24, 2.45) is 0 Å². The van der Waals surface area contributed by atoms with Crippen molar-refractivity contribution >= 4 is 5.91 Å². The van der Waals surface area contributed by atoms with Gasteiger partial charge in [-0.3, -0.25) is 4.79 Å². The van der Waals surface area contributed by atoms with Gasteiger partial charge in [-0.15, -0.1) is 0 Å². The van der Waals surface area contributed by atoms with E-state index >= 15 is 0 Å². The number of methoxy groups -OCH3 is 1. The van der Waals surface area contributed by atoms with E-state index in [1.54, 1.807) is 7.11 Å². The van der Waals surface area contributed by atoms with Crippen LogP contribution in [0.15, 0.2) is 0 Å². The zero-order valence-corrected chi connectivity index (χ0v) is 8.06. The molecule has 0 aromatic rings. The first-order valence-electron chi connectivity index (χ1n) is 4.57. The smallest absolute Gasteiger partial charge is 0.222 e. The normalized spacial score (nSPS) is 9.08. The second-order valence-electron chi connectivity index (χ2n) is 2.80. The molecule has 3 nitrogen and oxygen atoms in total. The highest BCUT2D eigenvalue weighted by Gasteiger charge is 1.97. The lowest BCUT2D eigenvalue weighted by atomic mass is 10.2. The average molecular weight is 189 g/mol. The van der Waals surface area contributed by atoms with Gasteiger partial charge in [0.25, 0.3) is 0 Å². The fraction of sp³-hybridized carbons (Fsp3) is 0.900. The van der Waals surface area contributed by atoms with E-state index in [0.717, 1.165) is 13.0 Å². The predicted molar refractivity (Wildman–Crippen MR) is 55.8 cm³/mol. The quantitative estimate of drug-likeness (QED) is 0.622. The molecule has 0 bridgehead atoms. The molecule has 0 unspecified atom stereocenters. The lowest BCUT2D eigenvalue weighted by Gasteiger charge is -2.03. The minimum atomic E-state index is 0. The van der Waals surface area contributed by atoms with Crippen molar-refractivity contribution < 1.29 is 9.53 Å². The van der Waals surface area contributed by atoms with E-state index in [4.69, 9.17) is 4.74 Å². The number of rotatable bonds is 7. The fourth-order valence-corrected chi connectivity index (χ4v) is 0.886. The zero-order chi connectivity index (χ0) is 9.23. The minimum absolute atomic E-state index is 0. The van der Waals surface area contributed by atoms with Crippen LogP contribution in [0.5, 0.6) is 0 Å². The van der Waals surface area contributed by atoms with E-state index in [2.05, 4.69) is 12.2 Å². The number of carbonyl (C=O) groups excluding carboxylic acids is 1. The zero-order valence-electron chi connectivity index (χ0n) is 8.06. The Balaban J connectivity index is 0. The molecule has 0 aromatic heterocycles. The first-order chi connectivity index (χ1) is 5.81. The van der Waals surface area contributed by atoms with Gasteiger partial charge in [-0.25, -0.2) is 0 Å². The van der Waals surface area contributed by atoms with Crippen LogP contribution in [0, 0.1) is 0 Å². The van der Waals surface area contributed by atoms with Gasteiger partial charge >= 0.3 is 0 Å². The van der Waals surface area contributed by atoms with Crippen molar-refractivity contribution in [3.05, 3.63) is 0 Å². The third-order valence-electron chi connectivity index (χ3n) is 1.64. The van der Waals surface area contributed by atoms with Crippen LogP contribution in [-0.2, 0) is 9.53 Å². The molecule has 1 N–H and O–H groups in total. The summed E-state index contributed by atoms with van der Waals surface area (Å²) in [6, 6.07) is 0. The SMILES string of the molecule is C.CCCCCNC(=O)CCOC. The Morgan fingerprint density at radius 2 is 2.08 bits per heavy atom. The molecule has 0 saturated carbocycles. The maximum absolute atomic E-state index is 11.0. The molecule has 80 valence electrons. The van der Waals surface area contributed by atoms with E-state index < -0.39 is 0 Å². The second-order valence-corrected chi connectivity index (χ2v) is 2.80. The van der Waals surface area contributed by atoms with Crippen LogP contribution < -0.4 is 5.32 Å². The van der Waals surface area contributed by atoms with Crippen LogP contribution in [0.2, 0.25) is 0 Å². The first-order valence-corrected chi connectivity index (χ1v) is 4.57. The molecule has 0 aromatic carbocycles. The van der Waals surface area contributed by atoms with Crippen molar-refractivity contribution in [1.29, 1.82) is 0 Å². The molecule has 3 heteroatoms. The van der Waals surface area contributed by atoms with Gasteiger partial charge in [0, 0.05) is 20.1 Å². The summed E-state index contributed by atoms with van der Waals surface area (Å²) in [4.78, 5) is 11.0. The molecule has 0 spiro atoms. The summed E-state index contributed by atoms with van der Waals surface area (Å²) in [5.74, 6) is 0.0907. The summed E-state index contributed by atoms with van der Waals surface area (Å²) in [5.41, 5.74) is 0. The summed E-state index contributed by atoms with van der Waals surface area (Å²) >= 11 is 0. The van der Waals surface area contributed by atoms with Crippen molar-refractivity contribution in [3.63, 3.8) is 0 Å². The summed E-state index contributed by atoms with van der Waals surface area (Å²) in [7, 11) is 1.60. The molecular weight excluding hydrogens is 166 g/mol. The van der Waals surface area contributed by atoms with E-state index in [9.17, 15) is 4.79 Å². The number of hydrogen-bond acceptors (Lipinski definition) is 2. The van der Waals surface area contributed by atoms with E-state index in [1.165, 1.54) is 12.8 Å². The number of ether oxygens (including phenoxy) is 1. The Labute approximate surface area is 81.9 Å². The Morgan fingerprint density at radius 3 is 2.62 bits per heavy atom. The Bertz CT molecular complexity index is 115. The number of hydrogen-bond donors (Lipinski definition) is 1. The Hall–Kier alpha value is -0.570. The molecule has 0 aliphatic heterocycles. The highest BCUT2D eigenvalue weighted by Crippen LogP contribution is 1.91. The second kappa shape index (κ2) is 11.4. The summed E-state index contributed by atoms with van der Waals surface area (Å²) in [6.45, 7) is 3.46. The topological polar surface area (TPSA) is 38.3 Å². The number of carbonyl (C=O) groups is 1. The third-order valence-corrected chi connectivity index (χ3v) is 1.64. The van der Waals surface area contributed by atoms with E-state index in [-0.39, 0.29) is 13.3 Å². The largest absolute Gasteiger partial charge is 0.384 e. The molecule has 0 aliphatic rings. The number of unbranched alkanes of at least 4 members (excludes halogenated alkanes) is 2. The standard InChI is InChI=1S/C9H19NO2.CH4/c1-3-4-5-7-10-9(11)6-8-12-2;/h3-8H2,1-2H3,(H,10,11);1H4. The van der Waals surface area contributed by atoms with E-state index in [1.807, 2.05) is 0 Å². The van der Waals surface area contributed by atoms with Gasteiger partial charge in [-0.05, 0) is 6.42 Å². The van der Waals surface area contributed by atoms with Crippen LogP contribution in [0.25, 0.3) is 0 Å². The maximum atomic E-state index is 11.0. The maximum Gasteiger partial charge on any atom is 0.222 e. The Morgan fingerprint density at radius 1 is 1.38 bits per heavy atom.